The smallest absolute Gasteiger partial charge is 0.0944 e. The molecule has 0 saturated carbocycles. The van der Waals surface area contributed by atoms with E-state index < -0.39 is 6.10 Å². The summed E-state index contributed by atoms with van der Waals surface area (Å²) in [5.74, 6) is 0.629. The predicted octanol–water partition coefficient (Wildman–Crippen LogP) is 5.22. The lowest BCUT2D eigenvalue weighted by molar-refractivity contribution is 0.201. The van der Waals surface area contributed by atoms with Crippen LogP contribution < -0.4 is 0 Å². The first-order chi connectivity index (χ1) is 11.0. The molecule has 0 aliphatic carbocycles. The molecule has 0 heterocycles. The van der Waals surface area contributed by atoms with Crippen LogP contribution in [-0.2, 0) is 0 Å². The van der Waals surface area contributed by atoms with Gasteiger partial charge in [-0.05, 0) is 31.3 Å². The molecule has 23 heavy (non-hydrogen) atoms. The van der Waals surface area contributed by atoms with E-state index in [0.29, 0.717) is 25.0 Å². The Labute approximate surface area is 140 Å². The van der Waals surface area contributed by atoms with E-state index in [1.165, 1.54) is 0 Å². The van der Waals surface area contributed by atoms with E-state index in [-0.39, 0.29) is 12.0 Å². The van der Waals surface area contributed by atoms with E-state index in [2.05, 4.69) is 17.3 Å². The van der Waals surface area contributed by atoms with Gasteiger partial charge in [0.25, 0.3) is 0 Å². The van der Waals surface area contributed by atoms with Crippen molar-refractivity contribution in [3.63, 3.8) is 0 Å². The van der Waals surface area contributed by atoms with Crippen LogP contribution in [-0.4, -0.2) is 22.4 Å². The highest BCUT2D eigenvalue weighted by Gasteiger charge is 2.10. The van der Waals surface area contributed by atoms with Crippen LogP contribution in [0.3, 0.4) is 0 Å². The lowest BCUT2D eigenvalue weighted by Crippen LogP contribution is -2.13. The second kappa shape index (κ2) is 13.9. The highest BCUT2D eigenvalue weighted by molar-refractivity contribution is 5.05. The number of nitrogens with zero attached hydrogens (tertiary/aromatic N) is 1. The molecule has 0 aliphatic rings. The van der Waals surface area contributed by atoms with E-state index >= 15 is 0 Å². The first kappa shape index (κ1) is 21.3. The average Bonchev–Trinajstić information content (AvgIpc) is 2.54. The van der Waals surface area contributed by atoms with Gasteiger partial charge in [-0.1, -0.05) is 62.4 Å². The van der Waals surface area contributed by atoms with Crippen LogP contribution in [0.2, 0.25) is 0 Å². The molecular formula is C19H31NO3. The zero-order valence-corrected chi connectivity index (χ0v) is 14.6. The number of nitroso groups, excluding NO2 is 1. The Morgan fingerprint density at radius 2 is 1.87 bits per heavy atom. The van der Waals surface area contributed by atoms with E-state index in [9.17, 15) is 15.1 Å². The normalized spacial score (nSPS) is 17.1. The topological polar surface area (TPSA) is 69.9 Å². The fourth-order valence-corrected chi connectivity index (χ4v) is 2.00. The molecule has 0 aromatic heterocycles. The molecular weight excluding hydrogens is 290 g/mol. The first-order valence-electron chi connectivity index (χ1n) is 8.41. The molecule has 3 atom stereocenters. The van der Waals surface area contributed by atoms with Crippen molar-refractivity contribution in [3.05, 3.63) is 53.2 Å². The molecule has 0 spiro atoms. The van der Waals surface area contributed by atoms with Gasteiger partial charge < -0.3 is 10.2 Å². The maximum Gasteiger partial charge on any atom is 0.0944 e. The van der Waals surface area contributed by atoms with Gasteiger partial charge in [-0.15, -0.1) is 0 Å². The summed E-state index contributed by atoms with van der Waals surface area (Å²) in [4.78, 5) is 10.5. The minimum atomic E-state index is -0.623. The maximum absolute atomic E-state index is 10.5. The van der Waals surface area contributed by atoms with E-state index in [1.54, 1.807) is 6.08 Å². The summed E-state index contributed by atoms with van der Waals surface area (Å²) in [6, 6.07) is -0.316. The van der Waals surface area contributed by atoms with Crippen molar-refractivity contribution in [3.8, 4) is 0 Å². The van der Waals surface area contributed by atoms with Crippen molar-refractivity contribution in [2.45, 2.75) is 65.0 Å². The third kappa shape index (κ3) is 12.5. The van der Waals surface area contributed by atoms with Crippen molar-refractivity contribution in [2.24, 2.45) is 11.1 Å². The van der Waals surface area contributed by atoms with E-state index in [4.69, 9.17) is 0 Å². The fourth-order valence-electron chi connectivity index (χ4n) is 2.00. The van der Waals surface area contributed by atoms with Gasteiger partial charge in [0.1, 0.15) is 0 Å². The van der Waals surface area contributed by atoms with Crippen molar-refractivity contribution in [1.82, 2.24) is 0 Å². The SMILES string of the molecule is CC/C=C(/O)C/C=C\C/C=C\C(C)C=CC(O)CC(CC)N=O. The summed E-state index contributed by atoms with van der Waals surface area (Å²) in [5.41, 5.74) is 0. The van der Waals surface area contributed by atoms with Crippen LogP contribution in [0.25, 0.3) is 0 Å². The van der Waals surface area contributed by atoms with Gasteiger partial charge >= 0.3 is 0 Å². The van der Waals surface area contributed by atoms with Crippen molar-refractivity contribution < 1.29 is 10.2 Å². The van der Waals surface area contributed by atoms with Crippen molar-refractivity contribution in [1.29, 1.82) is 0 Å². The second-order valence-electron chi connectivity index (χ2n) is 5.66. The molecule has 4 heteroatoms. The summed E-state index contributed by atoms with van der Waals surface area (Å²) >= 11 is 0. The Balaban J connectivity index is 4.06. The summed E-state index contributed by atoms with van der Waals surface area (Å²) in [6.45, 7) is 5.92. The Morgan fingerprint density at radius 3 is 2.48 bits per heavy atom. The van der Waals surface area contributed by atoms with Gasteiger partial charge in [-0.3, -0.25) is 0 Å². The fraction of sp³-hybridized carbons (Fsp3) is 0.579. The van der Waals surface area contributed by atoms with Gasteiger partial charge in [0.05, 0.1) is 17.9 Å². The van der Waals surface area contributed by atoms with Crippen LogP contribution in [0.15, 0.2) is 53.5 Å². The molecule has 0 rings (SSSR count). The summed E-state index contributed by atoms with van der Waals surface area (Å²) < 4.78 is 0. The molecule has 0 aromatic rings. The predicted molar refractivity (Wildman–Crippen MR) is 97.3 cm³/mol. The summed E-state index contributed by atoms with van der Waals surface area (Å²) in [7, 11) is 0. The van der Waals surface area contributed by atoms with Crippen molar-refractivity contribution >= 4 is 0 Å². The first-order valence-corrected chi connectivity index (χ1v) is 8.41. The molecule has 0 aromatic carbocycles. The highest BCUT2D eigenvalue weighted by Crippen LogP contribution is 2.09. The minimum absolute atomic E-state index is 0.218. The molecule has 4 nitrogen and oxygen atoms in total. The quantitative estimate of drug-likeness (QED) is 0.294. The Hall–Kier alpha value is -1.68. The third-order valence-corrected chi connectivity index (χ3v) is 3.42. The molecule has 3 unspecified atom stereocenters. The van der Waals surface area contributed by atoms with Gasteiger partial charge in [0.2, 0.25) is 0 Å². The largest absolute Gasteiger partial charge is 0.512 e. The molecule has 0 saturated heterocycles. The zero-order chi connectivity index (χ0) is 17.5. The number of hydrogen-bond acceptors (Lipinski definition) is 4. The Bertz CT molecular complexity index is 424. The Morgan fingerprint density at radius 1 is 1.13 bits per heavy atom. The monoisotopic (exact) mass is 321 g/mol. The van der Waals surface area contributed by atoms with Crippen LogP contribution in [0.5, 0.6) is 0 Å². The molecule has 0 aliphatic heterocycles. The van der Waals surface area contributed by atoms with Gasteiger partial charge in [-0.25, -0.2) is 0 Å². The van der Waals surface area contributed by atoms with Gasteiger partial charge in [0, 0.05) is 12.8 Å². The molecule has 0 bridgehead atoms. The third-order valence-electron chi connectivity index (χ3n) is 3.42. The van der Waals surface area contributed by atoms with E-state index in [1.807, 2.05) is 45.1 Å². The molecule has 2 N–H and O–H groups in total. The molecule has 130 valence electrons. The number of hydrogen-bond donors (Lipinski definition) is 2. The minimum Gasteiger partial charge on any atom is -0.512 e. The zero-order valence-electron chi connectivity index (χ0n) is 14.6. The molecule has 0 fully saturated rings. The summed E-state index contributed by atoms with van der Waals surface area (Å²) in [6.07, 6.45) is 16.2. The van der Waals surface area contributed by atoms with Gasteiger partial charge in [0.15, 0.2) is 0 Å². The summed E-state index contributed by atoms with van der Waals surface area (Å²) in [5, 5.41) is 22.3. The maximum atomic E-state index is 10.5. The number of allylic oxidation sites excluding steroid dienone is 6. The van der Waals surface area contributed by atoms with Gasteiger partial charge in [-0.2, -0.15) is 4.91 Å². The standard InChI is InChI=1S/C19H31NO3/c1-4-10-18(21)12-9-7-6-8-11-16(3)13-14-19(22)15-17(5-2)20-23/h7-11,13-14,16-17,19,21-22H,4-6,12,15H2,1-3H3/b9-7-,11-8-,14-13?,18-10+. The van der Waals surface area contributed by atoms with Crippen LogP contribution in [0.1, 0.15) is 52.9 Å². The molecule has 0 radical (unpaired) electrons. The van der Waals surface area contributed by atoms with Crippen LogP contribution in [0, 0.1) is 10.8 Å². The number of rotatable bonds is 12. The Kier molecular flexibility index (Phi) is 12.9. The lowest BCUT2D eigenvalue weighted by Gasteiger charge is -2.09. The van der Waals surface area contributed by atoms with E-state index in [0.717, 1.165) is 12.8 Å². The van der Waals surface area contributed by atoms with Crippen LogP contribution in [0.4, 0.5) is 0 Å². The lowest BCUT2D eigenvalue weighted by atomic mass is 10.0. The average molecular weight is 321 g/mol. The highest BCUT2D eigenvalue weighted by atomic mass is 16.3. The number of aliphatic hydroxyl groups excluding tert-OH is 2. The van der Waals surface area contributed by atoms with Crippen LogP contribution >= 0.6 is 0 Å². The number of aliphatic hydroxyl groups is 2. The van der Waals surface area contributed by atoms with Crippen molar-refractivity contribution in [2.75, 3.05) is 0 Å². The molecule has 0 amide bonds. The second-order valence-corrected chi connectivity index (χ2v) is 5.66.